The number of aliphatic hydroxyl groups is 1. The van der Waals surface area contributed by atoms with Crippen molar-refractivity contribution in [2.24, 2.45) is 0 Å². The van der Waals surface area contributed by atoms with E-state index in [2.05, 4.69) is 20.1 Å². The van der Waals surface area contributed by atoms with Crippen molar-refractivity contribution in [2.45, 2.75) is 11.3 Å². The summed E-state index contributed by atoms with van der Waals surface area (Å²) in [4.78, 5) is 6.64. The van der Waals surface area contributed by atoms with Gasteiger partial charge in [0.2, 0.25) is 5.16 Å². The topological polar surface area (TPSA) is 100 Å². The number of nitrogens with two attached hydrogens (primary N) is 1. The van der Waals surface area contributed by atoms with Crippen molar-refractivity contribution in [1.29, 1.82) is 0 Å². The third-order valence-electron chi connectivity index (χ3n) is 3.66. The van der Waals surface area contributed by atoms with Crippen molar-refractivity contribution in [3.05, 3.63) is 24.3 Å². The molecule has 2 heterocycles. The Hall–Kier alpha value is -1.61. The van der Waals surface area contributed by atoms with Crippen LogP contribution in [0.4, 0.5) is 5.69 Å². The lowest BCUT2D eigenvalue weighted by atomic mass is 10.2. The minimum Gasteiger partial charge on any atom is -0.398 e. The van der Waals surface area contributed by atoms with Crippen molar-refractivity contribution in [2.75, 3.05) is 44.3 Å². The summed E-state index contributed by atoms with van der Waals surface area (Å²) in [6.45, 7) is 3.88. The summed E-state index contributed by atoms with van der Waals surface area (Å²) in [5.41, 5.74) is 7.43. The van der Waals surface area contributed by atoms with Gasteiger partial charge in [-0.1, -0.05) is 23.9 Å². The molecule has 1 atom stereocenters. The number of hydrogen-bond donors (Lipinski definition) is 3. The van der Waals surface area contributed by atoms with Gasteiger partial charge in [-0.15, -0.1) is 5.10 Å². The smallest absolute Gasteiger partial charge is 0.208 e. The molecule has 1 aromatic carbocycles. The molecule has 124 valence electrons. The molecule has 0 amide bonds. The van der Waals surface area contributed by atoms with Gasteiger partial charge < -0.3 is 15.6 Å². The third-order valence-corrected chi connectivity index (χ3v) is 4.65. The Bertz CT molecular complexity index is 630. The van der Waals surface area contributed by atoms with Crippen LogP contribution in [0.25, 0.3) is 11.4 Å². The summed E-state index contributed by atoms with van der Waals surface area (Å²) in [5.74, 6) is 1.20. The molecule has 0 bridgehead atoms. The van der Waals surface area contributed by atoms with E-state index >= 15 is 0 Å². The highest BCUT2D eigenvalue weighted by atomic mass is 32.2. The number of para-hydroxylation sites is 1. The molecule has 3 rings (SSSR count). The lowest BCUT2D eigenvalue weighted by Gasteiger charge is -2.28. The van der Waals surface area contributed by atoms with Crippen molar-refractivity contribution in [1.82, 2.24) is 20.1 Å². The first-order valence-corrected chi connectivity index (χ1v) is 8.59. The molecule has 7 nitrogen and oxygen atoms in total. The van der Waals surface area contributed by atoms with Gasteiger partial charge in [-0.25, -0.2) is 4.98 Å². The molecule has 4 N–H and O–H groups in total. The Labute approximate surface area is 139 Å². The number of aliphatic hydroxyl groups excluding tert-OH is 1. The average molecular weight is 335 g/mol. The summed E-state index contributed by atoms with van der Waals surface area (Å²) < 4.78 is 5.30. The van der Waals surface area contributed by atoms with Crippen molar-refractivity contribution < 1.29 is 9.84 Å². The van der Waals surface area contributed by atoms with Gasteiger partial charge in [0, 0.05) is 36.6 Å². The van der Waals surface area contributed by atoms with Crippen LogP contribution in [0.5, 0.6) is 0 Å². The molecule has 8 heteroatoms. The summed E-state index contributed by atoms with van der Waals surface area (Å²) in [5, 5.41) is 17.8. The molecule has 2 aromatic rings. The average Bonchev–Trinajstić information content (AvgIpc) is 3.03. The quantitative estimate of drug-likeness (QED) is 0.531. The number of nitrogen functional groups attached to an aromatic ring is 1. The highest BCUT2D eigenvalue weighted by molar-refractivity contribution is 7.99. The van der Waals surface area contributed by atoms with Gasteiger partial charge >= 0.3 is 0 Å². The number of hydrogen-bond acceptors (Lipinski definition) is 7. The van der Waals surface area contributed by atoms with Gasteiger partial charge in [0.15, 0.2) is 5.82 Å². The fourth-order valence-corrected chi connectivity index (χ4v) is 3.16. The molecule has 1 fully saturated rings. The first-order chi connectivity index (χ1) is 11.2. The standard InChI is InChI=1S/C15H21N5O2S/c16-13-4-2-1-3-12(13)14-17-15(19-18-14)23-10-11(21)9-20-5-7-22-8-6-20/h1-4,11,21H,5-10,16H2,(H,17,18,19). The van der Waals surface area contributed by atoms with E-state index in [0.29, 0.717) is 29.0 Å². The number of morpholine rings is 1. The zero-order valence-electron chi connectivity index (χ0n) is 12.8. The van der Waals surface area contributed by atoms with E-state index in [9.17, 15) is 5.11 Å². The molecular weight excluding hydrogens is 314 g/mol. The second kappa shape index (κ2) is 7.78. The summed E-state index contributed by atoms with van der Waals surface area (Å²) >= 11 is 1.44. The van der Waals surface area contributed by atoms with Gasteiger partial charge in [-0.2, -0.15) is 0 Å². The van der Waals surface area contributed by atoms with Gasteiger partial charge in [0.05, 0.1) is 19.3 Å². The zero-order valence-corrected chi connectivity index (χ0v) is 13.6. The van der Waals surface area contributed by atoms with E-state index in [-0.39, 0.29) is 0 Å². The number of H-pyrrole nitrogens is 1. The fraction of sp³-hybridized carbons (Fsp3) is 0.467. The molecule has 1 saturated heterocycles. The normalized spacial score (nSPS) is 17.3. The summed E-state index contributed by atoms with van der Waals surface area (Å²) in [6, 6.07) is 7.52. The van der Waals surface area contributed by atoms with Crippen LogP contribution in [0, 0.1) is 0 Å². The number of aromatic nitrogens is 3. The van der Waals surface area contributed by atoms with E-state index in [1.54, 1.807) is 0 Å². The zero-order chi connectivity index (χ0) is 16.1. The maximum atomic E-state index is 10.1. The SMILES string of the molecule is Nc1ccccc1-c1nc(SCC(O)CN2CCOCC2)n[nH]1. The molecule has 0 radical (unpaired) electrons. The van der Waals surface area contributed by atoms with Crippen molar-refractivity contribution >= 4 is 17.4 Å². The Morgan fingerprint density at radius 2 is 2.13 bits per heavy atom. The van der Waals surface area contributed by atoms with Crippen LogP contribution in [0.15, 0.2) is 29.4 Å². The summed E-state index contributed by atoms with van der Waals surface area (Å²) in [7, 11) is 0. The lowest BCUT2D eigenvalue weighted by molar-refractivity contribution is 0.0188. The van der Waals surface area contributed by atoms with Crippen molar-refractivity contribution in [3.63, 3.8) is 0 Å². The minimum absolute atomic E-state index is 0.415. The number of anilines is 1. The number of β-amino-alcohol motifs (C(OH)–C–C–N with tert-alkyl or cyclic N) is 1. The molecule has 0 aliphatic carbocycles. The molecule has 1 aromatic heterocycles. The number of nitrogens with zero attached hydrogens (tertiary/aromatic N) is 3. The fourth-order valence-electron chi connectivity index (χ4n) is 2.45. The van der Waals surface area contributed by atoms with Gasteiger partial charge in [0.25, 0.3) is 0 Å². The van der Waals surface area contributed by atoms with Crippen LogP contribution >= 0.6 is 11.8 Å². The molecule has 1 aliphatic rings. The Morgan fingerprint density at radius 3 is 2.91 bits per heavy atom. The Kier molecular flexibility index (Phi) is 5.50. The minimum atomic E-state index is -0.415. The molecule has 1 aliphatic heterocycles. The second-order valence-corrected chi connectivity index (χ2v) is 6.42. The predicted molar refractivity (Wildman–Crippen MR) is 90.2 cm³/mol. The largest absolute Gasteiger partial charge is 0.398 e. The first kappa shape index (κ1) is 16.3. The highest BCUT2D eigenvalue weighted by Crippen LogP contribution is 2.24. The van der Waals surface area contributed by atoms with Crippen LogP contribution in [0.3, 0.4) is 0 Å². The highest BCUT2D eigenvalue weighted by Gasteiger charge is 2.16. The van der Waals surface area contributed by atoms with Crippen LogP contribution in [0.2, 0.25) is 0 Å². The monoisotopic (exact) mass is 335 g/mol. The number of nitrogens with one attached hydrogen (secondary N) is 1. The maximum absolute atomic E-state index is 10.1. The van der Waals surface area contributed by atoms with Crippen LogP contribution in [-0.4, -0.2) is 69.9 Å². The lowest BCUT2D eigenvalue weighted by Crippen LogP contribution is -2.41. The first-order valence-electron chi connectivity index (χ1n) is 7.60. The van der Waals surface area contributed by atoms with Gasteiger partial charge in [-0.05, 0) is 12.1 Å². The van der Waals surface area contributed by atoms with Gasteiger partial charge in [-0.3, -0.25) is 10.00 Å². The number of benzene rings is 1. The van der Waals surface area contributed by atoms with E-state index in [1.165, 1.54) is 11.8 Å². The van der Waals surface area contributed by atoms with E-state index in [1.807, 2.05) is 24.3 Å². The van der Waals surface area contributed by atoms with E-state index < -0.39 is 6.10 Å². The van der Waals surface area contributed by atoms with Crippen LogP contribution < -0.4 is 5.73 Å². The predicted octanol–water partition coefficient (Wildman–Crippen LogP) is 0.839. The van der Waals surface area contributed by atoms with Gasteiger partial charge in [0.1, 0.15) is 0 Å². The maximum Gasteiger partial charge on any atom is 0.208 e. The Morgan fingerprint density at radius 1 is 1.35 bits per heavy atom. The van der Waals surface area contributed by atoms with E-state index in [4.69, 9.17) is 10.5 Å². The van der Waals surface area contributed by atoms with Crippen LogP contribution in [0.1, 0.15) is 0 Å². The number of thioether (sulfide) groups is 1. The molecule has 23 heavy (non-hydrogen) atoms. The van der Waals surface area contributed by atoms with E-state index in [0.717, 1.165) is 31.9 Å². The molecule has 0 saturated carbocycles. The number of ether oxygens (including phenoxy) is 1. The van der Waals surface area contributed by atoms with Crippen molar-refractivity contribution in [3.8, 4) is 11.4 Å². The summed E-state index contributed by atoms with van der Waals surface area (Å²) in [6.07, 6.45) is -0.415. The molecule has 1 unspecified atom stereocenters. The third kappa shape index (κ3) is 4.44. The van der Waals surface area contributed by atoms with Crippen LogP contribution in [-0.2, 0) is 4.74 Å². The second-order valence-electron chi connectivity index (χ2n) is 5.43. The molecule has 0 spiro atoms. The molecular formula is C15H21N5O2S. The number of aromatic amines is 1. The Balaban J connectivity index is 1.52. The number of rotatable bonds is 6.